The molecule has 2 rings (SSSR count). The second-order valence-electron chi connectivity index (χ2n) is 5.32. The molecule has 1 amide bonds. The van der Waals surface area contributed by atoms with Gasteiger partial charge in [0.15, 0.2) is 0 Å². The van der Waals surface area contributed by atoms with Crippen LogP contribution in [0.15, 0.2) is 29.2 Å². The van der Waals surface area contributed by atoms with E-state index in [2.05, 4.69) is 0 Å². The number of amides is 1. The van der Waals surface area contributed by atoms with Crippen LogP contribution in [0.3, 0.4) is 0 Å². The molecule has 5 nitrogen and oxygen atoms in total. The van der Waals surface area contributed by atoms with Gasteiger partial charge in [0.25, 0.3) is 0 Å². The molecule has 0 spiro atoms. The summed E-state index contributed by atoms with van der Waals surface area (Å²) >= 11 is 0. The molecule has 1 saturated heterocycles. The predicted octanol–water partition coefficient (Wildman–Crippen LogP) is 1.24. The first-order chi connectivity index (χ1) is 9.34. The van der Waals surface area contributed by atoms with Crippen molar-refractivity contribution in [1.82, 2.24) is 9.21 Å². The van der Waals surface area contributed by atoms with E-state index in [0.29, 0.717) is 13.0 Å². The van der Waals surface area contributed by atoms with Gasteiger partial charge in [-0.2, -0.15) is 4.31 Å². The minimum absolute atomic E-state index is 0.154. The lowest BCUT2D eigenvalue weighted by atomic mass is 10.2. The fourth-order valence-electron chi connectivity index (χ4n) is 2.42. The molecule has 6 heteroatoms. The first-order valence-electron chi connectivity index (χ1n) is 6.63. The van der Waals surface area contributed by atoms with Crippen molar-refractivity contribution < 1.29 is 13.2 Å². The number of aryl methyl sites for hydroxylation is 1. The maximum Gasteiger partial charge on any atom is 0.243 e. The van der Waals surface area contributed by atoms with Crippen LogP contribution in [0.1, 0.15) is 18.4 Å². The Morgan fingerprint density at radius 2 is 1.85 bits per heavy atom. The summed E-state index contributed by atoms with van der Waals surface area (Å²) in [5.41, 5.74) is 1.01. The number of carbonyl (C=O) groups excluding carboxylic acids is 1. The number of rotatable bonds is 3. The van der Waals surface area contributed by atoms with Crippen LogP contribution in [0.4, 0.5) is 0 Å². The van der Waals surface area contributed by atoms with Crippen LogP contribution in [-0.4, -0.2) is 50.2 Å². The normalized spacial score (nSPS) is 20.1. The lowest BCUT2D eigenvalue weighted by Crippen LogP contribution is -2.45. The molecule has 1 fully saturated rings. The Bertz CT molecular complexity index is 593. The number of nitrogens with zero attached hydrogens (tertiary/aromatic N) is 2. The highest BCUT2D eigenvalue weighted by molar-refractivity contribution is 7.89. The SMILES string of the molecule is Cc1ccc(S(=O)(=O)N2CCC[C@@H]2C(=O)N(C)C)cc1. The molecular weight excluding hydrogens is 276 g/mol. The maximum atomic E-state index is 12.6. The van der Waals surface area contributed by atoms with Crippen LogP contribution in [0.25, 0.3) is 0 Å². The van der Waals surface area contributed by atoms with Gasteiger partial charge in [0.05, 0.1) is 4.90 Å². The van der Waals surface area contributed by atoms with Crippen molar-refractivity contribution >= 4 is 15.9 Å². The monoisotopic (exact) mass is 296 g/mol. The van der Waals surface area contributed by atoms with Gasteiger partial charge in [-0.3, -0.25) is 4.79 Å². The lowest BCUT2D eigenvalue weighted by molar-refractivity contribution is -0.132. The topological polar surface area (TPSA) is 57.7 Å². The van der Waals surface area contributed by atoms with Gasteiger partial charge >= 0.3 is 0 Å². The lowest BCUT2D eigenvalue weighted by Gasteiger charge is -2.25. The number of benzene rings is 1. The first kappa shape index (κ1) is 15.0. The van der Waals surface area contributed by atoms with Crippen LogP contribution >= 0.6 is 0 Å². The van der Waals surface area contributed by atoms with Crippen molar-refractivity contribution in [1.29, 1.82) is 0 Å². The molecule has 1 aromatic carbocycles. The van der Waals surface area contributed by atoms with Crippen molar-refractivity contribution in [3.8, 4) is 0 Å². The van der Waals surface area contributed by atoms with Gasteiger partial charge in [0.1, 0.15) is 6.04 Å². The summed E-state index contributed by atoms with van der Waals surface area (Å²) in [5.74, 6) is -0.154. The Morgan fingerprint density at radius 1 is 1.25 bits per heavy atom. The molecular formula is C14H20N2O3S. The number of carbonyl (C=O) groups is 1. The molecule has 0 aliphatic carbocycles. The maximum absolute atomic E-state index is 12.6. The molecule has 1 heterocycles. The van der Waals surface area contributed by atoms with Crippen LogP contribution in [-0.2, 0) is 14.8 Å². The van der Waals surface area contributed by atoms with Crippen LogP contribution in [0.2, 0.25) is 0 Å². The third-order valence-corrected chi connectivity index (χ3v) is 5.48. The van der Waals surface area contributed by atoms with E-state index >= 15 is 0 Å². The van der Waals surface area contributed by atoms with Crippen molar-refractivity contribution in [3.05, 3.63) is 29.8 Å². The molecule has 0 N–H and O–H groups in total. The minimum Gasteiger partial charge on any atom is -0.347 e. The van der Waals surface area contributed by atoms with Gasteiger partial charge in [-0.1, -0.05) is 17.7 Å². The van der Waals surface area contributed by atoms with E-state index < -0.39 is 16.1 Å². The predicted molar refractivity (Wildman–Crippen MR) is 76.8 cm³/mol. The number of likely N-dealkylation sites (N-methyl/N-ethyl adjacent to an activating group) is 1. The average molecular weight is 296 g/mol. The highest BCUT2D eigenvalue weighted by atomic mass is 32.2. The molecule has 1 aliphatic rings. The van der Waals surface area contributed by atoms with Gasteiger partial charge in [-0.15, -0.1) is 0 Å². The Kier molecular flexibility index (Phi) is 4.15. The zero-order valence-corrected chi connectivity index (χ0v) is 12.9. The molecule has 1 aromatic rings. The fourth-order valence-corrected chi connectivity index (χ4v) is 4.07. The first-order valence-corrected chi connectivity index (χ1v) is 8.07. The van der Waals surface area contributed by atoms with E-state index in [1.54, 1.807) is 38.4 Å². The van der Waals surface area contributed by atoms with E-state index in [0.717, 1.165) is 12.0 Å². The van der Waals surface area contributed by atoms with Gasteiger partial charge in [0, 0.05) is 20.6 Å². The Balaban J connectivity index is 2.33. The van der Waals surface area contributed by atoms with Crippen molar-refractivity contribution in [3.63, 3.8) is 0 Å². The Hall–Kier alpha value is -1.40. The van der Waals surface area contributed by atoms with E-state index in [-0.39, 0.29) is 10.8 Å². The van der Waals surface area contributed by atoms with E-state index in [1.807, 2.05) is 6.92 Å². The zero-order valence-electron chi connectivity index (χ0n) is 12.0. The number of hydrogen-bond acceptors (Lipinski definition) is 3. The molecule has 1 atom stereocenters. The van der Waals surface area contributed by atoms with Gasteiger partial charge < -0.3 is 4.90 Å². The van der Waals surface area contributed by atoms with E-state index in [9.17, 15) is 13.2 Å². The second-order valence-corrected chi connectivity index (χ2v) is 7.21. The molecule has 110 valence electrons. The van der Waals surface area contributed by atoms with Crippen LogP contribution in [0.5, 0.6) is 0 Å². The molecule has 20 heavy (non-hydrogen) atoms. The quantitative estimate of drug-likeness (QED) is 0.843. The third kappa shape index (κ3) is 2.71. The van der Waals surface area contributed by atoms with E-state index in [4.69, 9.17) is 0 Å². The highest BCUT2D eigenvalue weighted by Gasteiger charge is 2.39. The molecule has 1 aliphatic heterocycles. The molecule has 0 unspecified atom stereocenters. The van der Waals surface area contributed by atoms with Crippen molar-refractivity contribution in [2.45, 2.75) is 30.7 Å². The third-order valence-electron chi connectivity index (χ3n) is 3.56. The molecule has 0 saturated carbocycles. The highest BCUT2D eigenvalue weighted by Crippen LogP contribution is 2.27. The van der Waals surface area contributed by atoms with Crippen molar-refractivity contribution in [2.24, 2.45) is 0 Å². The minimum atomic E-state index is -3.60. The van der Waals surface area contributed by atoms with Crippen LogP contribution in [0, 0.1) is 6.92 Å². The van der Waals surface area contributed by atoms with E-state index in [1.165, 1.54) is 9.21 Å². The number of hydrogen-bond donors (Lipinski definition) is 0. The molecule has 0 aromatic heterocycles. The Morgan fingerprint density at radius 3 is 2.40 bits per heavy atom. The van der Waals surface area contributed by atoms with Crippen LogP contribution < -0.4 is 0 Å². The summed E-state index contributed by atoms with van der Waals surface area (Å²) in [6.07, 6.45) is 1.30. The average Bonchev–Trinajstić information content (AvgIpc) is 2.88. The number of sulfonamides is 1. The van der Waals surface area contributed by atoms with Gasteiger partial charge in [-0.05, 0) is 31.9 Å². The standard InChI is InChI=1S/C14H20N2O3S/c1-11-6-8-12(9-7-11)20(18,19)16-10-4-5-13(16)14(17)15(2)3/h6-9,13H,4-5,10H2,1-3H3/t13-/m1/s1. The molecule has 0 bridgehead atoms. The summed E-state index contributed by atoms with van der Waals surface area (Å²) in [6.45, 7) is 2.31. The summed E-state index contributed by atoms with van der Waals surface area (Å²) < 4.78 is 26.6. The van der Waals surface area contributed by atoms with Crippen molar-refractivity contribution in [2.75, 3.05) is 20.6 Å². The Labute approximate surface area is 120 Å². The summed E-state index contributed by atoms with van der Waals surface area (Å²) in [4.78, 5) is 13.8. The molecule has 0 radical (unpaired) electrons. The summed E-state index contributed by atoms with van der Waals surface area (Å²) in [5, 5.41) is 0. The van der Waals surface area contributed by atoms with Gasteiger partial charge in [-0.25, -0.2) is 8.42 Å². The largest absolute Gasteiger partial charge is 0.347 e. The zero-order chi connectivity index (χ0) is 14.9. The second kappa shape index (κ2) is 5.54. The smallest absolute Gasteiger partial charge is 0.243 e. The summed E-state index contributed by atoms with van der Waals surface area (Å²) in [7, 11) is -0.297. The van der Waals surface area contributed by atoms with Gasteiger partial charge in [0.2, 0.25) is 15.9 Å². The summed E-state index contributed by atoms with van der Waals surface area (Å²) in [6, 6.07) is 6.16. The fraction of sp³-hybridized carbons (Fsp3) is 0.500.